The van der Waals surface area contributed by atoms with Gasteiger partial charge in [0.05, 0.1) is 18.2 Å². The molecule has 0 bridgehead atoms. The van der Waals surface area contributed by atoms with Gasteiger partial charge in [-0.15, -0.1) is 0 Å². The third kappa shape index (κ3) is 1.89. The van der Waals surface area contributed by atoms with Gasteiger partial charge >= 0.3 is 0 Å². The zero-order valence-electron chi connectivity index (χ0n) is 8.72. The van der Waals surface area contributed by atoms with Crippen LogP contribution in [0.25, 0.3) is 5.69 Å². The van der Waals surface area contributed by atoms with E-state index < -0.39 is 0 Å². The zero-order valence-corrected chi connectivity index (χ0v) is 8.72. The molecule has 2 heterocycles. The van der Waals surface area contributed by atoms with Crippen LogP contribution in [0.4, 0.5) is 0 Å². The molecular weight excluding hydrogens is 188 g/mol. The van der Waals surface area contributed by atoms with Crippen molar-refractivity contribution in [3.63, 3.8) is 0 Å². The van der Waals surface area contributed by atoms with Crippen LogP contribution in [0.3, 0.4) is 0 Å². The highest BCUT2D eigenvalue weighted by Gasteiger charge is 2.05. The molecule has 0 unspecified atom stereocenters. The third-order valence-corrected chi connectivity index (χ3v) is 2.39. The molecule has 4 heteroatoms. The van der Waals surface area contributed by atoms with Crippen LogP contribution in [0.15, 0.2) is 31.0 Å². The minimum Gasteiger partial charge on any atom is -0.330 e. The molecule has 15 heavy (non-hydrogen) atoms. The van der Waals surface area contributed by atoms with E-state index in [1.807, 2.05) is 23.0 Å². The zero-order chi connectivity index (χ0) is 10.7. The topological polar surface area (TPSA) is 56.7 Å². The van der Waals surface area contributed by atoms with Gasteiger partial charge in [-0.25, -0.2) is 4.98 Å². The molecule has 0 saturated carbocycles. The summed E-state index contributed by atoms with van der Waals surface area (Å²) >= 11 is 0. The average Bonchev–Trinajstić information content (AvgIpc) is 2.67. The van der Waals surface area contributed by atoms with Gasteiger partial charge in [0.15, 0.2) is 0 Å². The first-order valence-corrected chi connectivity index (χ1v) is 4.95. The van der Waals surface area contributed by atoms with Crippen molar-refractivity contribution in [3.05, 3.63) is 42.2 Å². The van der Waals surface area contributed by atoms with Crippen molar-refractivity contribution in [1.82, 2.24) is 14.5 Å². The van der Waals surface area contributed by atoms with Crippen LogP contribution in [0.2, 0.25) is 0 Å². The Morgan fingerprint density at radius 1 is 1.33 bits per heavy atom. The Labute approximate surface area is 88.8 Å². The fraction of sp³-hybridized carbons (Fsp3) is 0.273. The van der Waals surface area contributed by atoms with E-state index in [2.05, 4.69) is 16.9 Å². The lowest BCUT2D eigenvalue weighted by Crippen LogP contribution is -2.08. The molecule has 0 spiro atoms. The lowest BCUT2D eigenvalue weighted by molar-refractivity contribution is 0.866. The highest BCUT2D eigenvalue weighted by Crippen LogP contribution is 2.14. The Kier molecular flexibility index (Phi) is 2.78. The standard InChI is InChI=1S/C11H14N4/c1-9-3-5-13-7-11(9)15-8-14-6-10(15)2-4-12/h3,5-8H,2,4,12H2,1H3. The number of imidazole rings is 1. The summed E-state index contributed by atoms with van der Waals surface area (Å²) in [6.07, 6.45) is 8.11. The molecule has 0 amide bonds. The number of aromatic nitrogens is 3. The van der Waals surface area contributed by atoms with Crippen molar-refractivity contribution in [3.8, 4) is 5.69 Å². The molecule has 0 atom stereocenters. The summed E-state index contributed by atoms with van der Waals surface area (Å²) in [5.41, 5.74) is 8.92. The fourth-order valence-corrected chi connectivity index (χ4v) is 1.58. The number of hydrogen-bond acceptors (Lipinski definition) is 3. The van der Waals surface area contributed by atoms with E-state index in [0.29, 0.717) is 6.54 Å². The monoisotopic (exact) mass is 202 g/mol. The molecule has 2 aromatic rings. The van der Waals surface area contributed by atoms with Gasteiger partial charge in [-0.2, -0.15) is 0 Å². The normalized spacial score (nSPS) is 10.5. The number of nitrogens with two attached hydrogens (primary N) is 1. The summed E-state index contributed by atoms with van der Waals surface area (Å²) in [6.45, 7) is 2.69. The maximum atomic E-state index is 5.55. The predicted octanol–water partition coefficient (Wildman–Crippen LogP) is 1.08. The molecule has 0 radical (unpaired) electrons. The Bertz CT molecular complexity index is 447. The maximum Gasteiger partial charge on any atom is 0.0994 e. The molecular formula is C11H14N4. The lowest BCUT2D eigenvalue weighted by atomic mass is 10.2. The van der Waals surface area contributed by atoms with Gasteiger partial charge < -0.3 is 10.3 Å². The SMILES string of the molecule is Cc1ccncc1-n1cncc1CCN. The second-order valence-electron chi connectivity index (χ2n) is 3.46. The van der Waals surface area contributed by atoms with Gasteiger partial charge in [0.2, 0.25) is 0 Å². The van der Waals surface area contributed by atoms with E-state index in [4.69, 9.17) is 5.73 Å². The number of nitrogens with zero attached hydrogens (tertiary/aromatic N) is 3. The van der Waals surface area contributed by atoms with Crippen molar-refractivity contribution in [2.24, 2.45) is 5.73 Å². The second-order valence-corrected chi connectivity index (χ2v) is 3.46. The quantitative estimate of drug-likeness (QED) is 0.810. The molecule has 0 aromatic carbocycles. The van der Waals surface area contributed by atoms with Gasteiger partial charge in [-0.3, -0.25) is 4.98 Å². The van der Waals surface area contributed by atoms with Crippen molar-refractivity contribution in [2.45, 2.75) is 13.3 Å². The highest BCUT2D eigenvalue weighted by atomic mass is 15.1. The Hall–Kier alpha value is -1.68. The van der Waals surface area contributed by atoms with E-state index in [1.54, 1.807) is 12.5 Å². The molecule has 0 fully saturated rings. The van der Waals surface area contributed by atoms with E-state index in [0.717, 1.165) is 17.8 Å². The lowest BCUT2D eigenvalue weighted by Gasteiger charge is -2.09. The minimum absolute atomic E-state index is 0.630. The van der Waals surface area contributed by atoms with Crippen LogP contribution >= 0.6 is 0 Å². The maximum absolute atomic E-state index is 5.55. The van der Waals surface area contributed by atoms with Crippen molar-refractivity contribution < 1.29 is 0 Å². The summed E-state index contributed by atoms with van der Waals surface area (Å²) in [6, 6.07) is 1.99. The highest BCUT2D eigenvalue weighted by molar-refractivity contribution is 5.38. The van der Waals surface area contributed by atoms with Crippen LogP contribution in [-0.4, -0.2) is 21.1 Å². The van der Waals surface area contributed by atoms with Crippen molar-refractivity contribution >= 4 is 0 Å². The van der Waals surface area contributed by atoms with E-state index in [-0.39, 0.29) is 0 Å². The molecule has 2 aromatic heterocycles. The minimum atomic E-state index is 0.630. The van der Waals surface area contributed by atoms with Gasteiger partial charge in [-0.1, -0.05) is 0 Å². The Balaban J connectivity index is 2.45. The summed E-state index contributed by atoms with van der Waals surface area (Å²) < 4.78 is 2.04. The van der Waals surface area contributed by atoms with Crippen LogP contribution in [0.1, 0.15) is 11.3 Å². The smallest absolute Gasteiger partial charge is 0.0994 e. The Morgan fingerprint density at radius 3 is 2.93 bits per heavy atom. The van der Waals surface area contributed by atoms with Crippen molar-refractivity contribution in [2.75, 3.05) is 6.54 Å². The second kappa shape index (κ2) is 4.23. The molecule has 2 N–H and O–H groups in total. The molecule has 2 rings (SSSR count). The first-order chi connectivity index (χ1) is 7.33. The predicted molar refractivity (Wildman–Crippen MR) is 58.9 cm³/mol. The third-order valence-electron chi connectivity index (χ3n) is 2.39. The van der Waals surface area contributed by atoms with Gasteiger partial charge in [0.1, 0.15) is 0 Å². The largest absolute Gasteiger partial charge is 0.330 e. The summed E-state index contributed by atoms with van der Waals surface area (Å²) in [7, 11) is 0. The summed E-state index contributed by atoms with van der Waals surface area (Å²) in [5, 5.41) is 0. The van der Waals surface area contributed by atoms with Crippen LogP contribution in [0, 0.1) is 6.92 Å². The van der Waals surface area contributed by atoms with Gasteiger partial charge in [0, 0.05) is 24.5 Å². The number of aryl methyl sites for hydroxylation is 1. The summed E-state index contributed by atoms with van der Waals surface area (Å²) in [5.74, 6) is 0. The molecule has 0 aliphatic rings. The number of hydrogen-bond donors (Lipinski definition) is 1. The number of rotatable bonds is 3. The molecule has 0 aliphatic carbocycles. The van der Waals surface area contributed by atoms with Crippen LogP contribution in [0.5, 0.6) is 0 Å². The molecule has 0 saturated heterocycles. The molecule has 78 valence electrons. The molecule has 4 nitrogen and oxygen atoms in total. The van der Waals surface area contributed by atoms with Crippen LogP contribution in [-0.2, 0) is 6.42 Å². The fourth-order valence-electron chi connectivity index (χ4n) is 1.58. The first-order valence-electron chi connectivity index (χ1n) is 4.95. The summed E-state index contributed by atoms with van der Waals surface area (Å²) in [4.78, 5) is 8.26. The van der Waals surface area contributed by atoms with Crippen LogP contribution < -0.4 is 5.73 Å². The first kappa shape index (κ1) is 9.86. The van der Waals surface area contributed by atoms with Crippen molar-refractivity contribution in [1.29, 1.82) is 0 Å². The molecule has 0 aliphatic heterocycles. The van der Waals surface area contributed by atoms with Gasteiger partial charge in [0.25, 0.3) is 0 Å². The van der Waals surface area contributed by atoms with E-state index in [9.17, 15) is 0 Å². The number of pyridine rings is 1. The Morgan fingerprint density at radius 2 is 2.20 bits per heavy atom. The van der Waals surface area contributed by atoms with Gasteiger partial charge in [-0.05, 0) is 25.1 Å². The average molecular weight is 202 g/mol. The van der Waals surface area contributed by atoms with E-state index >= 15 is 0 Å². The van der Waals surface area contributed by atoms with E-state index in [1.165, 1.54) is 5.56 Å².